The molecule has 12 nitrogen and oxygen atoms in total. The Kier molecular flexibility index (Phi) is 11.8. The molecule has 0 aliphatic heterocycles. The van der Waals surface area contributed by atoms with Gasteiger partial charge in [0, 0.05) is 35.6 Å². The summed E-state index contributed by atoms with van der Waals surface area (Å²) < 4.78 is 11.5. The van der Waals surface area contributed by atoms with Crippen molar-refractivity contribution in [1.82, 2.24) is 0 Å². The molecule has 3 rings (SSSR count). The van der Waals surface area contributed by atoms with E-state index >= 15 is 0 Å². The molecule has 0 radical (unpaired) electrons. The van der Waals surface area contributed by atoms with Crippen molar-refractivity contribution in [2.75, 3.05) is 23.8 Å². The van der Waals surface area contributed by atoms with Crippen molar-refractivity contribution in [1.29, 1.82) is 0 Å². The number of nitrogens with one attached hydrogen (secondary N) is 2. The Balaban J connectivity index is 1.79. The van der Waals surface area contributed by atoms with Crippen molar-refractivity contribution in [3.8, 4) is 11.5 Å². The van der Waals surface area contributed by atoms with Gasteiger partial charge >= 0.3 is 0 Å². The molecule has 0 heterocycles. The monoisotopic (exact) mass is 578 g/mol. The molecule has 0 aliphatic rings. The normalized spacial score (nSPS) is 10.5. The van der Waals surface area contributed by atoms with E-state index in [0.717, 1.165) is 50.7 Å². The maximum Gasteiger partial charge on any atom is 0.270 e. The Morgan fingerprint density at radius 2 is 1.10 bits per heavy atom. The molecule has 0 aliphatic carbocycles. The van der Waals surface area contributed by atoms with Gasteiger partial charge < -0.3 is 20.1 Å². The highest BCUT2D eigenvalue weighted by Gasteiger charge is 2.20. The second-order valence-electron chi connectivity index (χ2n) is 9.48. The zero-order valence-corrected chi connectivity index (χ0v) is 23.6. The molecule has 0 bridgehead atoms. The molecule has 0 saturated heterocycles. The molecule has 3 aromatic rings. The number of nitro benzene ring substituents is 2. The van der Waals surface area contributed by atoms with Gasteiger partial charge in [0.2, 0.25) is 0 Å². The summed E-state index contributed by atoms with van der Waals surface area (Å²) in [6, 6.07) is 13.9. The molecule has 0 fully saturated rings. The summed E-state index contributed by atoms with van der Waals surface area (Å²) in [5.74, 6) is -0.824. The SMILES string of the molecule is CCCCCOc1ccc([N+](=O)[O-])cc1C(=O)Nc1cccc(NC(=O)c2cc([N+](=O)[O-])ccc2OCCCCC)c1. The number of anilines is 2. The Morgan fingerprint density at radius 3 is 1.48 bits per heavy atom. The third-order valence-electron chi connectivity index (χ3n) is 6.23. The second kappa shape index (κ2) is 15.7. The molecule has 2 N–H and O–H groups in total. The van der Waals surface area contributed by atoms with Crippen LogP contribution < -0.4 is 20.1 Å². The number of hydrogen-bond acceptors (Lipinski definition) is 8. The molecular formula is C30H34N4O8. The van der Waals surface area contributed by atoms with Crippen LogP contribution in [-0.4, -0.2) is 34.9 Å². The van der Waals surface area contributed by atoms with Gasteiger partial charge in [-0.15, -0.1) is 0 Å². The number of nitrogens with zero attached hydrogens (tertiary/aromatic N) is 2. The summed E-state index contributed by atoms with van der Waals surface area (Å²) in [5, 5.41) is 28.0. The zero-order valence-electron chi connectivity index (χ0n) is 23.6. The molecule has 0 aromatic heterocycles. The van der Waals surface area contributed by atoms with Crippen LogP contribution in [0.2, 0.25) is 0 Å². The third kappa shape index (κ3) is 9.01. The van der Waals surface area contributed by atoms with Gasteiger partial charge in [0.1, 0.15) is 11.5 Å². The highest BCUT2D eigenvalue weighted by atomic mass is 16.6. The predicted octanol–water partition coefficient (Wildman–Crippen LogP) is 7.15. The fourth-order valence-corrected chi connectivity index (χ4v) is 4.01. The van der Waals surface area contributed by atoms with Crippen LogP contribution >= 0.6 is 0 Å². The summed E-state index contributed by atoms with van der Waals surface area (Å²) in [6.07, 6.45) is 5.39. The molecule has 42 heavy (non-hydrogen) atoms. The quantitative estimate of drug-likeness (QED) is 0.103. The van der Waals surface area contributed by atoms with Crippen LogP contribution in [0.25, 0.3) is 0 Å². The first-order valence-corrected chi connectivity index (χ1v) is 13.8. The number of carbonyl (C=O) groups is 2. The van der Waals surface area contributed by atoms with Gasteiger partial charge in [0.25, 0.3) is 23.2 Å². The van der Waals surface area contributed by atoms with Crippen LogP contribution in [0, 0.1) is 20.2 Å². The molecule has 0 spiro atoms. The molecule has 0 unspecified atom stereocenters. The van der Waals surface area contributed by atoms with E-state index in [0.29, 0.717) is 24.6 Å². The first kappa shape index (κ1) is 31.5. The van der Waals surface area contributed by atoms with Crippen molar-refractivity contribution in [2.45, 2.75) is 52.4 Å². The third-order valence-corrected chi connectivity index (χ3v) is 6.23. The number of rotatable bonds is 16. The van der Waals surface area contributed by atoms with Gasteiger partial charge in [-0.2, -0.15) is 0 Å². The average Bonchev–Trinajstić information content (AvgIpc) is 2.97. The van der Waals surface area contributed by atoms with Gasteiger partial charge in [0.05, 0.1) is 34.2 Å². The van der Waals surface area contributed by atoms with E-state index in [4.69, 9.17) is 9.47 Å². The number of ether oxygens (including phenoxy) is 2. The maximum absolute atomic E-state index is 13.2. The summed E-state index contributed by atoms with van der Waals surface area (Å²) in [4.78, 5) is 47.8. The van der Waals surface area contributed by atoms with Gasteiger partial charge in [0.15, 0.2) is 0 Å². The van der Waals surface area contributed by atoms with Gasteiger partial charge in [-0.3, -0.25) is 29.8 Å². The van der Waals surface area contributed by atoms with Crippen LogP contribution in [0.15, 0.2) is 60.7 Å². The minimum absolute atomic E-state index is 0.00315. The lowest BCUT2D eigenvalue weighted by atomic mass is 10.1. The molecule has 2 amide bonds. The predicted molar refractivity (Wildman–Crippen MR) is 159 cm³/mol. The van der Waals surface area contributed by atoms with Crippen molar-refractivity contribution in [3.05, 3.63) is 92.0 Å². The lowest BCUT2D eigenvalue weighted by Crippen LogP contribution is -2.16. The van der Waals surface area contributed by atoms with Crippen molar-refractivity contribution in [2.24, 2.45) is 0 Å². The van der Waals surface area contributed by atoms with Crippen LogP contribution in [0.1, 0.15) is 73.1 Å². The van der Waals surface area contributed by atoms with Crippen LogP contribution in [0.4, 0.5) is 22.7 Å². The maximum atomic E-state index is 13.2. The Morgan fingerprint density at radius 1 is 0.667 bits per heavy atom. The van der Waals surface area contributed by atoms with E-state index in [-0.39, 0.29) is 34.0 Å². The molecule has 0 saturated carbocycles. The van der Waals surface area contributed by atoms with E-state index in [1.807, 2.05) is 13.8 Å². The van der Waals surface area contributed by atoms with Crippen LogP contribution in [-0.2, 0) is 0 Å². The highest BCUT2D eigenvalue weighted by Crippen LogP contribution is 2.28. The molecular weight excluding hydrogens is 544 g/mol. The minimum atomic E-state index is -0.630. The van der Waals surface area contributed by atoms with Gasteiger partial charge in [-0.1, -0.05) is 45.6 Å². The van der Waals surface area contributed by atoms with E-state index in [2.05, 4.69) is 10.6 Å². The van der Waals surface area contributed by atoms with Crippen molar-refractivity contribution in [3.63, 3.8) is 0 Å². The minimum Gasteiger partial charge on any atom is -0.493 e. The molecule has 3 aromatic carbocycles. The molecule has 0 atom stereocenters. The number of non-ortho nitro benzene ring substituents is 2. The molecule has 222 valence electrons. The van der Waals surface area contributed by atoms with E-state index in [9.17, 15) is 29.8 Å². The second-order valence-corrected chi connectivity index (χ2v) is 9.48. The topological polar surface area (TPSA) is 163 Å². The lowest BCUT2D eigenvalue weighted by molar-refractivity contribution is -0.385. The van der Waals surface area contributed by atoms with Gasteiger partial charge in [-0.25, -0.2) is 0 Å². The van der Waals surface area contributed by atoms with Crippen molar-refractivity contribution < 1.29 is 28.9 Å². The average molecular weight is 579 g/mol. The van der Waals surface area contributed by atoms with E-state index < -0.39 is 21.7 Å². The smallest absolute Gasteiger partial charge is 0.270 e. The Hall–Kier alpha value is -5.00. The largest absolute Gasteiger partial charge is 0.493 e. The summed E-state index contributed by atoms with van der Waals surface area (Å²) in [5.41, 5.74) is 0.0827. The van der Waals surface area contributed by atoms with E-state index in [1.165, 1.54) is 30.3 Å². The van der Waals surface area contributed by atoms with Crippen LogP contribution in [0.3, 0.4) is 0 Å². The summed E-state index contributed by atoms with van der Waals surface area (Å²) in [7, 11) is 0. The lowest BCUT2D eigenvalue weighted by Gasteiger charge is -2.14. The fraction of sp³-hybridized carbons (Fsp3) is 0.333. The molecule has 12 heteroatoms. The Labute approximate surface area is 243 Å². The number of amides is 2. The number of benzene rings is 3. The number of hydrogen-bond donors (Lipinski definition) is 2. The number of nitro groups is 2. The van der Waals surface area contributed by atoms with E-state index in [1.54, 1.807) is 18.2 Å². The number of unbranched alkanes of at least 4 members (excludes halogenated alkanes) is 4. The fourth-order valence-electron chi connectivity index (χ4n) is 4.01. The Bertz CT molecular complexity index is 1320. The zero-order chi connectivity index (χ0) is 30.5. The standard InChI is InChI=1S/C30H34N4O8/c1-3-5-7-16-41-27-14-12-23(33(37)38)19-25(27)29(35)31-21-10-9-11-22(18-21)32-30(36)26-20-24(34(39)40)13-15-28(26)42-17-8-6-4-2/h9-15,18-20H,3-8,16-17H2,1-2H3,(H,31,35)(H,32,36). The van der Waals surface area contributed by atoms with Crippen molar-refractivity contribution >= 4 is 34.6 Å². The first-order valence-electron chi connectivity index (χ1n) is 13.8. The van der Waals surface area contributed by atoms with Gasteiger partial charge in [-0.05, 0) is 43.2 Å². The first-order chi connectivity index (χ1) is 20.2. The summed E-state index contributed by atoms with van der Waals surface area (Å²) >= 11 is 0. The number of carbonyl (C=O) groups excluding carboxylic acids is 2. The highest BCUT2D eigenvalue weighted by molar-refractivity contribution is 6.08. The van der Waals surface area contributed by atoms with Crippen LogP contribution in [0.5, 0.6) is 11.5 Å². The summed E-state index contributed by atoms with van der Waals surface area (Å²) in [6.45, 7) is 4.81.